The topological polar surface area (TPSA) is 69.6 Å². The molecule has 0 radical (unpaired) electrons. The molecule has 1 rings (SSSR count). The summed E-state index contributed by atoms with van der Waals surface area (Å²) in [6, 6.07) is -0.809. The highest BCUT2D eigenvalue weighted by Crippen LogP contribution is 2.16. The lowest BCUT2D eigenvalue weighted by atomic mass is 10.2. The fraction of sp³-hybridized carbons (Fsp3) is 0.818. The molecule has 1 saturated heterocycles. The van der Waals surface area contributed by atoms with Gasteiger partial charge in [0.25, 0.3) is 0 Å². The van der Waals surface area contributed by atoms with Crippen LogP contribution in [-0.2, 0) is 4.79 Å². The number of nitrogens with zero attached hydrogens (tertiary/aromatic N) is 1. The maximum absolute atomic E-state index is 11.9. The zero-order valence-corrected chi connectivity index (χ0v) is 11.1. The number of hydrogen-bond donors (Lipinski definition) is 2. The molecule has 0 aromatic rings. The van der Waals surface area contributed by atoms with Crippen molar-refractivity contribution < 1.29 is 14.7 Å². The van der Waals surface area contributed by atoms with Crippen molar-refractivity contribution >= 4 is 23.8 Å². The Kier molecular flexibility index (Phi) is 5.61. The molecule has 0 aliphatic carbocycles. The van der Waals surface area contributed by atoms with E-state index < -0.39 is 12.0 Å². The van der Waals surface area contributed by atoms with Crippen molar-refractivity contribution in [3.8, 4) is 0 Å². The SMILES string of the molecule is CSCCC(NC(=O)N1CCCC1C)C(=O)O. The predicted molar refractivity (Wildman–Crippen MR) is 68.4 cm³/mol. The summed E-state index contributed by atoms with van der Waals surface area (Å²) >= 11 is 1.58. The molecule has 0 bridgehead atoms. The van der Waals surface area contributed by atoms with E-state index in [1.54, 1.807) is 16.7 Å². The van der Waals surface area contributed by atoms with E-state index in [1.807, 2.05) is 13.2 Å². The van der Waals surface area contributed by atoms with Crippen LogP contribution in [0.2, 0.25) is 0 Å². The molecule has 98 valence electrons. The van der Waals surface area contributed by atoms with Crippen molar-refractivity contribution in [2.75, 3.05) is 18.6 Å². The average molecular weight is 260 g/mol. The van der Waals surface area contributed by atoms with Gasteiger partial charge in [0, 0.05) is 12.6 Å². The van der Waals surface area contributed by atoms with E-state index in [0.717, 1.165) is 25.1 Å². The third kappa shape index (κ3) is 4.11. The molecular weight excluding hydrogens is 240 g/mol. The molecule has 17 heavy (non-hydrogen) atoms. The molecule has 0 aromatic carbocycles. The Labute approximate surface area is 106 Å². The smallest absolute Gasteiger partial charge is 0.326 e. The molecule has 0 spiro atoms. The summed E-state index contributed by atoms with van der Waals surface area (Å²) < 4.78 is 0. The lowest BCUT2D eigenvalue weighted by Gasteiger charge is -2.24. The molecule has 6 heteroatoms. The molecule has 2 amide bonds. The molecule has 1 aliphatic rings. The van der Waals surface area contributed by atoms with Gasteiger partial charge in [-0.05, 0) is 38.2 Å². The quantitative estimate of drug-likeness (QED) is 0.783. The summed E-state index contributed by atoms with van der Waals surface area (Å²) in [5, 5.41) is 11.6. The van der Waals surface area contributed by atoms with Gasteiger partial charge in [0.2, 0.25) is 0 Å². The van der Waals surface area contributed by atoms with Crippen molar-refractivity contribution in [3.63, 3.8) is 0 Å². The monoisotopic (exact) mass is 260 g/mol. The highest BCUT2D eigenvalue weighted by molar-refractivity contribution is 7.98. The van der Waals surface area contributed by atoms with Crippen LogP contribution in [0.15, 0.2) is 0 Å². The molecule has 1 fully saturated rings. The van der Waals surface area contributed by atoms with Gasteiger partial charge in [0.05, 0.1) is 0 Å². The first-order valence-electron chi connectivity index (χ1n) is 5.85. The molecule has 0 aromatic heterocycles. The van der Waals surface area contributed by atoms with Crippen LogP contribution in [0, 0.1) is 0 Å². The Bertz CT molecular complexity index is 286. The largest absolute Gasteiger partial charge is 0.480 e. The second-order valence-electron chi connectivity index (χ2n) is 4.31. The fourth-order valence-corrected chi connectivity index (χ4v) is 2.43. The van der Waals surface area contributed by atoms with E-state index in [0.29, 0.717) is 6.42 Å². The van der Waals surface area contributed by atoms with Crippen molar-refractivity contribution in [1.82, 2.24) is 10.2 Å². The summed E-state index contributed by atoms with van der Waals surface area (Å²) in [5.41, 5.74) is 0. The Morgan fingerprint density at radius 1 is 1.59 bits per heavy atom. The number of rotatable bonds is 5. The van der Waals surface area contributed by atoms with Crippen LogP contribution in [0.25, 0.3) is 0 Å². The number of likely N-dealkylation sites (tertiary alicyclic amines) is 1. The number of thioether (sulfide) groups is 1. The summed E-state index contributed by atoms with van der Waals surface area (Å²) in [7, 11) is 0. The summed E-state index contributed by atoms with van der Waals surface area (Å²) in [5.74, 6) is -0.230. The van der Waals surface area contributed by atoms with Gasteiger partial charge in [-0.1, -0.05) is 0 Å². The number of urea groups is 1. The molecule has 2 atom stereocenters. The van der Waals surface area contributed by atoms with Gasteiger partial charge in [-0.2, -0.15) is 11.8 Å². The van der Waals surface area contributed by atoms with Crippen molar-refractivity contribution in [1.29, 1.82) is 0 Å². The number of carbonyl (C=O) groups is 2. The Morgan fingerprint density at radius 2 is 2.29 bits per heavy atom. The first kappa shape index (κ1) is 14.2. The highest BCUT2D eigenvalue weighted by atomic mass is 32.2. The number of nitrogens with one attached hydrogen (secondary N) is 1. The highest BCUT2D eigenvalue weighted by Gasteiger charge is 2.28. The van der Waals surface area contributed by atoms with E-state index in [2.05, 4.69) is 5.32 Å². The summed E-state index contributed by atoms with van der Waals surface area (Å²) in [6.07, 6.45) is 4.38. The van der Waals surface area contributed by atoms with Crippen LogP contribution in [0.1, 0.15) is 26.2 Å². The normalized spacial score (nSPS) is 21.3. The third-order valence-electron chi connectivity index (χ3n) is 3.02. The standard InChI is InChI=1S/C11H20N2O3S/c1-8-4-3-6-13(8)11(16)12-9(10(14)15)5-7-17-2/h8-9H,3-7H2,1-2H3,(H,12,16)(H,14,15). The summed E-state index contributed by atoms with van der Waals surface area (Å²) in [4.78, 5) is 24.6. The van der Waals surface area contributed by atoms with E-state index in [1.165, 1.54) is 0 Å². The van der Waals surface area contributed by atoms with Crippen LogP contribution < -0.4 is 5.32 Å². The Morgan fingerprint density at radius 3 is 2.76 bits per heavy atom. The number of hydrogen-bond acceptors (Lipinski definition) is 3. The summed E-state index contributed by atoms with van der Waals surface area (Å²) in [6.45, 7) is 2.71. The molecule has 1 heterocycles. The minimum Gasteiger partial charge on any atom is -0.480 e. The van der Waals surface area contributed by atoms with Gasteiger partial charge in [-0.25, -0.2) is 9.59 Å². The number of amides is 2. The van der Waals surface area contributed by atoms with Gasteiger partial charge in [0.15, 0.2) is 0 Å². The lowest BCUT2D eigenvalue weighted by molar-refractivity contribution is -0.139. The van der Waals surface area contributed by atoms with Gasteiger partial charge in [0.1, 0.15) is 6.04 Å². The number of aliphatic carboxylic acids is 1. The average Bonchev–Trinajstić information content (AvgIpc) is 2.70. The van der Waals surface area contributed by atoms with E-state index in [9.17, 15) is 9.59 Å². The van der Waals surface area contributed by atoms with Crippen LogP contribution in [0.5, 0.6) is 0 Å². The zero-order chi connectivity index (χ0) is 12.8. The van der Waals surface area contributed by atoms with Crippen LogP contribution in [0.4, 0.5) is 4.79 Å². The van der Waals surface area contributed by atoms with Crippen molar-refractivity contribution in [3.05, 3.63) is 0 Å². The molecule has 2 N–H and O–H groups in total. The second-order valence-corrected chi connectivity index (χ2v) is 5.29. The molecule has 5 nitrogen and oxygen atoms in total. The van der Waals surface area contributed by atoms with Gasteiger partial charge in [-0.15, -0.1) is 0 Å². The molecule has 0 saturated carbocycles. The Balaban J connectivity index is 2.48. The number of carboxylic acids is 1. The van der Waals surface area contributed by atoms with Gasteiger partial charge < -0.3 is 15.3 Å². The number of carbonyl (C=O) groups excluding carboxylic acids is 1. The van der Waals surface area contributed by atoms with E-state index >= 15 is 0 Å². The van der Waals surface area contributed by atoms with E-state index in [4.69, 9.17) is 5.11 Å². The zero-order valence-electron chi connectivity index (χ0n) is 10.3. The Hall–Kier alpha value is -0.910. The molecule has 1 aliphatic heterocycles. The maximum atomic E-state index is 11.9. The van der Waals surface area contributed by atoms with E-state index in [-0.39, 0.29) is 12.1 Å². The first-order chi connectivity index (χ1) is 8.06. The molecule has 2 unspecified atom stereocenters. The number of carboxylic acid groups (broad SMARTS) is 1. The lowest BCUT2D eigenvalue weighted by Crippen LogP contribution is -2.49. The van der Waals surface area contributed by atoms with Crippen LogP contribution >= 0.6 is 11.8 Å². The second kappa shape index (κ2) is 6.74. The van der Waals surface area contributed by atoms with Crippen LogP contribution in [-0.4, -0.2) is 52.6 Å². The van der Waals surface area contributed by atoms with Gasteiger partial charge >= 0.3 is 12.0 Å². The van der Waals surface area contributed by atoms with Crippen LogP contribution in [0.3, 0.4) is 0 Å². The van der Waals surface area contributed by atoms with Gasteiger partial charge in [-0.3, -0.25) is 0 Å². The fourth-order valence-electron chi connectivity index (χ4n) is 1.96. The third-order valence-corrected chi connectivity index (χ3v) is 3.66. The minimum atomic E-state index is -0.959. The van der Waals surface area contributed by atoms with Crippen molar-refractivity contribution in [2.45, 2.75) is 38.3 Å². The van der Waals surface area contributed by atoms with Crippen molar-refractivity contribution in [2.24, 2.45) is 0 Å². The minimum absolute atomic E-state index is 0.213. The first-order valence-corrected chi connectivity index (χ1v) is 7.24. The predicted octanol–water partition coefficient (Wildman–Crippen LogP) is 1.39. The molecular formula is C11H20N2O3S. The maximum Gasteiger partial charge on any atom is 0.326 e.